The summed E-state index contributed by atoms with van der Waals surface area (Å²) in [5.74, 6) is 0. The Morgan fingerprint density at radius 3 is 2.75 bits per heavy atom. The Balaban J connectivity index is 1.94. The Kier molecular flexibility index (Phi) is 4.52. The molecule has 0 saturated carbocycles. The van der Waals surface area contributed by atoms with Crippen LogP contribution in [0.25, 0.3) is 0 Å². The lowest BCUT2D eigenvalue weighted by atomic mass is 10.1. The minimum absolute atomic E-state index is 0.538. The second-order valence-electron chi connectivity index (χ2n) is 3.99. The van der Waals surface area contributed by atoms with Gasteiger partial charge >= 0.3 is 0 Å². The molecule has 0 spiro atoms. The van der Waals surface area contributed by atoms with E-state index < -0.39 is 0 Å². The molecule has 2 rings (SSSR count). The van der Waals surface area contributed by atoms with Crippen LogP contribution in [-0.4, -0.2) is 40.8 Å². The van der Waals surface area contributed by atoms with Crippen molar-refractivity contribution < 1.29 is 0 Å². The van der Waals surface area contributed by atoms with Gasteiger partial charge in [-0.3, -0.25) is 4.90 Å². The van der Waals surface area contributed by atoms with Gasteiger partial charge in [0, 0.05) is 6.04 Å². The van der Waals surface area contributed by atoms with Gasteiger partial charge in [0.1, 0.15) is 5.01 Å². The van der Waals surface area contributed by atoms with Crippen molar-refractivity contribution in [3.05, 3.63) is 9.47 Å². The summed E-state index contributed by atoms with van der Waals surface area (Å²) in [4.78, 5) is 2.47. The van der Waals surface area contributed by atoms with E-state index in [1.807, 2.05) is 0 Å². The fraction of sp³-hybridized carbons (Fsp3) is 0.800. The molecular weight excluding hydrogens is 244 g/mol. The minimum Gasteiger partial charge on any atom is -0.317 e. The SMILES string of the molecule is CCN(Cc1nnc(Cl)s1)C1CCNCC1. The molecule has 0 aromatic carbocycles. The van der Waals surface area contributed by atoms with E-state index in [0.717, 1.165) is 31.2 Å². The van der Waals surface area contributed by atoms with E-state index in [4.69, 9.17) is 11.6 Å². The average molecular weight is 261 g/mol. The van der Waals surface area contributed by atoms with Crippen molar-refractivity contribution in [3.8, 4) is 0 Å². The molecule has 90 valence electrons. The molecule has 1 aromatic heterocycles. The molecule has 16 heavy (non-hydrogen) atoms. The minimum atomic E-state index is 0.538. The first kappa shape index (κ1) is 12.2. The lowest BCUT2D eigenvalue weighted by molar-refractivity contribution is 0.162. The van der Waals surface area contributed by atoms with E-state index in [1.54, 1.807) is 0 Å². The van der Waals surface area contributed by atoms with E-state index in [2.05, 4.69) is 27.3 Å². The predicted molar refractivity (Wildman–Crippen MR) is 66.9 cm³/mol. The van der Waals surface area contributed by atoms with E-state index in [0.29, 0.717) is 10.5 Å². The smallest absolute Gasteiger partial charge is 0.207 e. The molecule has 4 nitrogen and oxygen atoms in total. The molecule has 2 heterocycles. The molecule has 0 unspecified atom stereocenters. The summed E-state index contributed by atoms with van der Waals surface area (Å²) in [7, 11) is 0. The van der Waals surface area contributed by atoms with Crippen molar-refractivity contribution in [2.24, 2.45) is 0 Å². The summed E-state index contributed by atoms with van der Waals surface area (Å²) in [6.07, 6.45) is 2.45. The first-order valence-electron chi connectivity index (χ1n) is 5.72. The Morgan fingerprint density at radius 2 is 2.19 bits per heavy atom. The molecule has 1 aliphatic rings. The van der Waals surface area contributed by atoms with Gasteiger partial charge in [-0.25, -0.2) is 0 Å². The highest BCUT2D eigenvalue weighted by Gasteiger charge is 2.20. The molecular formula is C10H17ClN4S. The van der Waals surface area contributed by atoms with Crippen molar-refractivity contribution in [2.45, 2.75) is 32.4 Å². The maximum atomic E-state index is 5.79. The summed E-state index contributed by atoms with van der Waals surface area (Å²) in [6, 6.07) is 0.675. The van der Waals surface area contributed by atoms with Crippen molar-refractivity contribution in [1.29, 1.82) is 0 Å². The van der Waals surface area contributed by atoms with Gasteiger partial charge in [0.25, 0.3) is 0 Å². The van der Waals surface area contributed by atoms with Crippen LogP contribution in [0.1, 0.15) is 24.8 Å². The Morgan fingerprint density at radius 1 is 1.44 bits per heavy atom. The maximum Gasteiger partial charge on any atom is 0.207 e. The lowest BCUT2D eigenvalue weighted by Crippen LogP contribution is -2.42. The third-order valence-electron chi connectivity index (χ3n) is 3.01. The second-order valence-corrected chi connectivity index (χ2v) is 5.64. The average Bonchev–Trinajstić information content (AvgIpc) is 2.73. The van der Waals surface area contributed by atoms with Crippen LogP contribution in [0.2, 0.25) is 4.47 Å². The number of hydrogen-bond donors (Lipinski definition) is 1. The summed E-state index contributed by atoms with van der Waals surface area (Å²) in [5.41, 5.74) is 0. The van der Waals surface area contributed by atoms with Crippen LogP contribution in [0.4, 0.5) is 0 Å². The van der Waals surface area contributed by atoms with Crippen molar-refractivity contribution in [1.82, 2.24) is 20.4 Å². The monoisotopic (exact) mass is 260 g/mol. The van der Waals surface area contributed by atoms with Crippen molar-refractivity contribution >= 4 is 22.9 Å². The van der Waals surface area contributed by atoms with Gasteiger partial charge in [-0.05, 0) is 44.1 Å². The lowest BCUT2D eigenvalue weighted by Gasteiger charge is -2.33. The Labute approximate surface area is 105 Å². The van der Waals surface area contributed by atoms with Gasteiger partial charge in [0.2, 0.25) is 4.47 Å². The standard InChI is InChI=1S/C10H17ClN4S/c1-2-15(8-3-5-12-6-4-8)7-9-13-14-10(11)16-9/h8,12H,2-7H2,1H3. The molecule has 1 saturated heterocycles. The van der Waals surface area contributed by atoms with Crippen molar-refractivity contribution in [3.63, 3.8) is 0 Å². The van der Waals surface area contributed by atoms with Crippen LogP contribution < -0.4 is 5.32 Å². The number of halogens is 1. The zero-order valence-corrected chi connectivity index (χ0v) is 11.0. The largest absolute Gasteiger partial charge is 0.317 e. The van der Waals surface area contributed by atoms with Crippen LogP contribution in [0.5, 0.6) is 0 Å². The third-order valence-corrected chi connectivity index (χ3v) is 4.02. The summed E-state index contributed by atoms with van der Waals surface area (Å²) >= 11 is 7.27. The van der Waals surface area contributed by atoms with Crippen LogP contribution in [-0.2, 0) is 6.54 Å². The zero-order valence-electron chi connectivity index (χ0n) is 9.45. The fourth-order valence-electron chi connectivity index (χ4n) is 2.14. The number of piperidine rings is 1. The van der Waals surface area contributed by atoms with Gasteiger partial charge in [-0.15, -0.1) is 10.2 Å². The van der Waals surface area contributed by atoms with Crippen LogP contribution in [0, 0.1) is 0 Å². The van der Waals surface area contributed by atoms with Gasteiger partial charge in [-0.1, -0.05) is 18.3 Å². The van der Waals surface area contributed by atoms with E-state index in [-0.39, 0.29) is 0 Å². The third kappa shape index (κ3) is 3.13. The highest BCUT2D eigenvalue weighted by Crippen LogP contribution is 2.19. The molecule has 1 fully saturated rings. The molecule has 0 aliphatic carbocycles. The number of hydrogen-bond acceptors (Lipinski definition) is 5. The van der Waals surface area contributed by atoms with E-state index in [1.165, 1.54) is 24.2 Å². The molecule has 0 amide bonds. The Hall–Kier alpha value is -0.230. The fourth-order valence-corrected chi connectivity index (χ4v) is 3.03. The number of rotatable bonds is 4. The number of aromatic nitrogens is 2. The zero-order chi connectivity index (χ0) is 11.4. The van der Waals surface area contributed by atoms with Gasteiger partial charge in [0.15, 0.2) is 0 Å². The van der Waals surface area contributed by atoms with E-state index in [9.17, 15) is 0 Å². The van der Waals surface area contributed by atoms with Gasteiger partial charge in [-0.2, -0.15) is 0 Å². The van der Waals surface area contributed by atoms with Crippen LogP contribution in [0.15, 0.2) is 0 Å². The number of nitrogens with zero attached hydrogens (tertiary/aromatic N) is 3. The predicted octanol–water partition coefficient (Wildman–Crippen LogP) is 1.77. The maximum absolute atomic E-state index is 5.79. The summed E-state index contributed by atoms with van der Waals surface area (Å²) in [6.45, 7) is 6.38. The molecule has 1 aliphatic heterocycles. The molecule has 1 N–H and O–H groups in total. The molecule has 6 heteroatoms. The molecule has 0 radical (unpaired) electrons. The van der Waals surface area contributed by atoms with Crippen LogP contribution >= 0.6 is 22.9 Å². The first-order valence-corrected chi connectivity index (χ1v) is 6.91. The topological polar surface area (TPSA) is 41.1 Å². The summed E-state index contributed by atoms with van der Waals surface area (Å²) in [5, 5.41) is 12.3. The highest BCUT2D eigenvalue weighted by molar-refractivity contribution is 7.15. The van der Waals surface area contributed by atoms with Crippen molar-refractivity contribution in [2.75, 3.05) is 19.6 Å². The summed E-state index contributed by atoms with van der Waals surface area (Å²) < 4.78 is 0.538. The number of nitrogens with one attached hydrogen (secondary N) is 1. The normalized spacial score (nSPS) is 18.2. The second kappa shape index (κ2) is 5.91. The molecule has 0 bridgehead atoms. The molecule has 0 atom stereocenters. The van der Waals surface area contributed by atoms with E-state index >= 15 is 0 Å². The first-order chi connectivity index (χ1) is 7.79. The van der Waals surface area contributed by atoms with Gasteiger partial charge in [0.05, 0.1) is 6.54 Å². The quantitative estimate of drug-likeness (QED) is 0.896. The van der Waals surface area contributed by atoms with Crippen LogP contribution in [0.3, 0.4) is 0 Å². The molecule has 1 aromatic rings. The van der Waals surface area contributed by atoms with Gasteiger partial charge < -0.3 is 5.32 Å². The highest BCUT2D eigenvalue weighted by atomic mass is 35.5. The Bertz CT molecular complexity index is 324.